The number of ketones is 2. The first kappa shape index (κ1) is 47.7. The molecule has 6 rings (SSSR count). The van der Waals surface area contributed by atoms with Gasteiger partial charge in [0.1, 0.15) is 33.8 Å². The molecule has 2 atom stereocenters. The molecule has 0 bridgehead atoms. The number of carboxylic acid groups (broad SMARTS) is 1. The van der Waals surface area contributed by atoms with Crippen molar-refractivity contribution in [2.75, 3.05) is 38.4 Å². The highest BCUT2D eigenvalue weighted by Crippen LogP contribution is 2.44. The van der Waals surface area contributed by atoms with Gasteiger partial charge >= 0.3 is 24.1 Å². The zero-order valence-electron chi connectivity index (χ0n) is 33.4. The van der Waals surface area contributed by atoms with Crippen molar-refractivity contribution in [2.45, 2.75) is 62.4 Å². The highest BCUT2D eigenvalue weighted by Gasteiger charge is 2.50. The second-order valence-corrected chi connectivity index (χ2v) is 14.7. The molecule has 2 fully saturated rings. The molecule has 2 aromatic heterocycles. The van der Waals surface area contributed by atoms with E-state index in [0.29, 0.717) is 46.9 Å². The third-order valence-electron chi connectivity index (χ3n) is 10.3. The van der Waals surface area contributed by atoms with Gasteiger partial charge in [-0.05, 0) is 74.9 Å². The molecule has 2 amide bonds. The second kappa shape index (κ2) is 22.0. The summed E-state index contributed by atoms with van der Waals surface area (Å²) in [5.74, 6) is -1.89. The number of halogens is 3. The monoisotopic (exact) mass is 898 g/mol. The molecular formula is C42H45Cl3N6O10. The van der Waals surface area contributed by atoms with Crippen LogP contribution in [0.1, 0.15) is 83.2 Å². The Labute approximate surface area is 367 Å². The Kier molecular flexibility index (Phi) is 17.2. The van der Waals surface area contributed by atoms with Crippen LogP contribution in [-0.2, 0) is 34.9 Å². The zero-order chi connectivity index (χ0) is 44.7. The number of carboxylic acids is 1. The molecule has 0 radical (unpaired) electrons. The number of carbonyl (C=O) groups excluding carboxylic acids is 5. The quantitative estimate of drug-likeness (QED) is 0.0825. The molecule has 2 saturated carbocycles. The van der Waals surface area contributed by atoms with Crippen LogP contribution in [-0.4, -0.2) is 87.5 Å². The number of nitrogens with two attached hydrogens (primary N) is 2. The number of aromatic carboxylic acids is 1. The summed E-state index contributed by atoms with van der Waals surface area (Å²) in [5.41, 5.74) is 9.87. The van der Waals surface area contributed by atoms with Crippen LogP contribution in [0.3, 0.4) is 0 Å². The number of likely N-dealkylation sites (N-methyl/N-ethyl adjacent to an activating group) is 2. The number of esters is 1. The van der Waals surface area contributed by atoms with E-state index in [-0.39, 0.29) is 40.4 Å². The van der Waals surface area contributed by atoms with Crippen LogP contribution >= 0.6 is 34.8 Å². The molecule has 2 aliphatic carbocycles. The van der Waals surface area contributed by atoms with Crippen molar-refractivity contribution < 1.29 is 48.1 Å². The molecule has 0 aliphatic heterocycles. The Bertz CT molecular complexity index is 2230. The van der Waals surface area contributed by atoms with Crippen LogP contribution in [0.5, 0.6) is 0 Å². The van der Waals surface area contributed by atoms with E-state index in [4.69, 9.17) is 65.6 Å². The number of rotatable bonds is 9. The minimum absolute atomic E-state index is 0.0106. The van der Waals surface area contributed by atoms with Gasteiger partial charge in [0.05, 0.1) is 0 Å². The Morgan fingerprint density at radius 1 is 0.672 bits per heavy atom. The van der Waals surface area contributed by atoms with Gasteiger partial charge in [-0.25, -0.2) is 29.1 Å². The van der Waals surface area contributed by atoms with Crippen LogP contribution in [0.2, 0.25) is 10.0 Å². The highest BCUT2D eigenvalue weighted by atomic mass is 35.5. The lowest BCUT2D eigenvalue weighted by Crippen LogP contribution is -2.54. The number of pyridine rings is 2. The van der Waals surface area contributed by atoms with Gasteiger partial charge in [-0.1, -0.05) is 71.2 Å². The van der Waals surface area contributed by atoms with Crippen LogP contribution < -0.4 is 11.5 Å². The van der Waals surface area contributed by atoms with Crippen molar-refractivity contribution in [3.8, 4) is 0 Å². The molecule has 61 heavy (non-hydrogen) atoms. The normalized spacial score (nSPS) is 18.2. The molecule has 0 unspecified atom stereocenters. The molecule has 2 aromatic carbocycles. The summed E-state index contributed by atoms with van der Waals surface area (Å²) in [6, 6.07) is 19.7. The topological polar surface area (TPSA) is 235 Å². The Morgan fingerprint density at radius 2 is 1.11 bits per heavy atom. The average molecular weight is 900 g/mol. The van der Waals surface area contributed by atoms with Crippen molar-refractivity contribution in [3.63, 3.8) is 0 Å². The molecule has 0 spiro atoms. The fraction of sp³-hybridized carbons (Fsp3) is 0.333. The van der Waals surface area contributed by atoms with Gasteiger partial charge in [0.25, 0.3) is 0 Å². The first-order valence-electron chi connectivity index (χ1n) is 18.9. The smallest absolute Gasteiger partial charge is 0.413 e. The minimum Gasteiger partial charge on any atom is -0.478 e. The van der Waals surface area contributed by atoms with Gasteiger partial charge in [0, 0.05) is 60.5 Å². The summed E-state index contributed by atoms with van der Waals surface area (Å²) in [4.78, 5) is 82.9. The minimum atomic E-state index is -1.23. The lowest BCUT2D eigenvalue weighted by Gasteiger charge is -2.43. The first-order chi connectivity index (χ1) is 29.1. The Morgan fingerprint density at radius 3 is 1.51 bits per heavy atom. The molecule has 2 aliphatic rings. The number of nitrogens with zero attached hydrogens (tertiary/aromatic N) is 4. The van der Waals surface area contributed by atoms with Crippen molar-refractivity contribution in [1.82, 2.24) is 19.8 Å². The standard InChI is InChI=1S/C21H22ClN3O5.C15H17Cl2NO3.C6H6N2O2/c1-25(20(28)30-13-29-19(27)14-7-6-12-24-18(14)23)21(11-5-4-10-17(21)26)15-8-2-3-9-16(15)22;1-18(14(20)21-10-16)15(9-5-4-8-13(15)19)11-6-2-3-7-12(11)17;7-5-4(6(9)10)2-1-3-8-5/h2-3,6-9,12H,4-5,10-11,13H2,1H3,(H2,23,24);2-3,6-7H,4-5,8-10H2,1H3;1-3H,(H2,7,8)(H,9,10)/t21-;15-;/m00./s1. The number of Topliss-reactive ketones (excluding diaryl/α,β-unsaturated/α-hetero) is 2. The van der Waals surface area contributed by atoms with Gasteiger partial charge in [0.15, 0.2) is 17.6 Å². The van der Waals surface area contributed by atoms with E-state index in [1.54, 1.807) is 49.5 Å². The first-order valence-corrected chi connectivity index (χ1v) is 20.2. The average Bonchev–Trinajstić information content (AvgIpc) is 3.25. The van der Waals surface area contributed by atoms with Gasteiger partial charge in [-0.15, -0.1) is 0 Å². The number of amides is 2. The Hall–Kier alpha value is -5.97. The predicted molar refractivity (Wildman–Crippen MR) is 227 cm³/mol. The fourth-order valence-corrected chi connectivity index (χ4v) is 7.89. The number of hydrogen-bond acceptors (Lipinski definition) is 13. The van der Waals surface area contributed by atoms with E-state index in [1.807, 2.05) is 6.07 Å². The van der Waals surface area contributed by atoms with Gasteiger partial charge in [-0.3, -0.25) is 19.4 Å². The third kappa shape index (κ3) is 11.1. The highest BCUT2D eigenvalue weighted by molar-refractivity contribution is 6.32. The summed E-state index contributed by atoms with van der Waals surface area (Å²) < 4.78 is 14.9. The molecular weight excluding hydrogens is 855 g/mol. The van der Waals surface area contributed by atoms with Crippen LogP contribution in [0.4, 0.5) is 21.2 Å². The van der Waals surface area contributed by atoms with E-state index >= 15 is 0 Å². The lowest BCUT2D eigenvalue weighted by molar-refractivity contribution is -0.134. The molecule has 2 heterocycles. The zero-order valence-corrected chi connectivity index (χ0v) is 35.6. The lowest BCUT2D eigenvalue weighted by atomic mass is 9.74. The SMILES string of the molecule is CN(C(=O)OCCl)[C@]1(c2ccccc2Cl)CCCCC1=O.CN(C(=O)OCOC(=O)c1cccnc1N)[C@]1(c2ccccc2Cl)CCCCC1=O.Nc1ncccc1C(=O)O. The summed E-state index contributed by atoms with van der Waals surface area (Å²) in [7, 11) is 3.04. The predicted octanol–water partition coefficient (Wildman–Crippen LogP) is 7.84. The maximum atomic E-state index is 13.0. The van der Waals surface area contributed by atoms with Crippen molar-refractivity contribution in [3.05, 3.63) is 117 Å². The Balaban J connectivity index is 0.000000228. The number of carbonyl (C=O) groups is 6. The van der Waals surface area contributed by atoms with Crippen LogP contribution in [0.25, 0.3) is 0 Å². The van der Waals surface area contributed by atoms with Crippen molar-refractivity contribution in [1.29, 1.82) is 0 Å². The summed E-state index contributed by atoms with van der Waals surface area (Å²) >= 11 is 18.1. The van der Waals surface area contributed by atoms with E-state index in [9.17, 15) is 28.8 Å². The molecule has 16 nitrogen and oxygen atoms in total. The van der Waals surface area contributed by atoms with Crippen molar-refractivity contribution in [2.24, 2.45) is 0 Å². The maximum absolute atomic E-state index is 13.0. The van der Waals surface area contributed by atoms with E-state index < -0.39 is 42.0 Å². The third-order valence-corrected chi connectivity index (χ3v) is 11.1. The van der Waals surface area contributed by atoms with Crippen molar-refractivity contribution >= 4 is 82.1 Å². The number of hydrogen-bond donors (Lipinski definition) is 3. The molecule has 4 aromatic rings. The number of alkyl halides is 1. The maximum Gasteiger partial charge on any atom is 0.413 e. The summed E-state index contributed by atoms with van der Waals surface area (Å²) in [5, 5.41) is 9.31. The number of aromatic nitrogens is 2. The summed E-state index contributed by atoms with van der Waals surface area (Å²) in [6.45, 7) is -0.636. The summed E-state index contributed by atoms with van der Waals surface area (Å²) in [6.07, 6.45) is 6.33. The number of anilines is 2. The molecule has 0 saturated heterocycles. The largest absolute Gasteiger partial charge is 0.478 e. The fourth-order valence-electron chi connectivity index (χ4n) is 7.21. The van der Waals surface area contributed by atoms with Crippen LogP contribution in [0, 0.1) is 0 Å². The van der Waals surface area contributed by atoms with Gasteiger partial charge in [0.2, 0.25) is 6.79 Å². The van der Waals surface area contributed by atoms with Gasteiger partial charge < -0.3 is 30.8 Å². The molecule has 19 heteroatoms. The number of nitrogen functional groups attached to an aromatic ring is 2. The van der Waals surface area contributed by atoms with Gasteiger partial charge in [-0.2, -0.15) is 0 Å². The number of benzene rings is 2. The molecule has 5 N–H and O–H groups in total. The van der Waals surface area contributed by atoms with E-state index in [1.165, 1.54) is 53.5 Å². The number of ether oxygens (including phenoxy) is 3. The second-order valence-electron chi connectivity index (χ2n) is 13.7. The van der Waals surface area contributed by atoms with Crippen LogP contribution in [0.15, 0.2) is 85.2 Å². The van der Waals surface area contributed by atoms with E-state index in [2.05, 4.69) is 9.97 Å². The van der Waals surface area contributed by atoms with E-state index in [0.717, 1.165) is 25.7 Å². The molecule has 324 valence electrons.